The molecule has 0 aromatic heterocycles. The summed E-state index contributed by atoms with van der Waals surface area (Å²) < 4.78 is 33.3. The van der Waals surface area contributed by atoms with E-state index < -0.39 is 10.1 Å². The molecule has 0 saturated carbocycles. The van der Waals surface area contributed by atoms with Gasteiger partial charge in [-0.15, -0.1) is 0 Å². The molecule has 0 atom stereocenters. The van der Waals surface area contributed by atoms with Crippen LogP contribution in [0.3, 0.4) is 0 Å². The van der Waals surface area contributed by atoms with Crippen LogP contribution in [0, 0.1) is 0 Å². The van der Waals surface area contributed by atoms with E-state index >= 15 is 0 Å². The van der Waals surface area contributed by atoms with Crippen molar-refractivity contribution in [3.63, 3.8) is 0 Å². The standard InChI is InChI=1S/C19H18N2O3S/c20-15-9-5-13(6-10-15)19(14-7-11-16(21)12-8-14)17-3-1-2-4-18(17)25(22,23)24/h1-12,19H,20-21H2,(H,22,23,24). The van der Waals surface area contributed by atoms with E-state index in [9.17, 15) is 13.0 Å². The van der Waals surface area contributed by atoms with Crippen LogP contribution in [0.4, 0.5) is 11.4 Å². The summed E-state index contributed by atoms with van der Waals surface area (Å²) in [5.74, 6) is -0.390. The molecule has 0 saturated heterocycles. The van der Waals surface area contributed by atoms with Gasteiger partial charge < -0.3 is 11.5 Å². The number of rotatable bonds is 4. The van der Waals surface area contributed by atoms with Crippen LogP contribution in [0.15, 0.2) is 77.7 Å². The van der Waals surface area contributed by atoms with E-state index in [1.165, 1.54) is 6.07 Å². The summed E-state index contributed by atoms with van der Waals surface area (Å²) >= 11 is 0. The Hall–Kier alpha value is -2.83. The molecule has 3 aromatic rings. The van der Waals surface area contributed by atoms with E-state index in [1.807, 2.05) is 24.3 Å². The van der Waals surface area contributed by atoms with Crippen LogP contribution < -0.4 is 11.5 Å². The maximum Gasteiger partial charge on any atom is 0.294 e. The van der Waals surface area contributed by atoms with Crippen molar-refractivity contribution >= 4 is 21.5 Å². The molecule has 0 fully saturated rings. The van der Waals surface area contributed by atoms with Crippen LogP contribution in [0.2, 0.25) is 0 Å². The van der Waals surface area contributed by atoms with Crippen molar-refractivity contribution in [1.29, 1.82) is 0 Å². The number of hydrogen-bond donors (Lipinski definition) is 3. The van der Waals surface area contributed by atoms with Gasteiger partial charge >= 0.3 is 0 Å². The highest BCUT2D eigenvalue weighted by atomic mass is 32.2. The molecule has 25 heavy (non-hydrogen) atoms. The van der Waals surface area contributed by atoms with Gasteiger partial charge in [0.25, 0.3) is 10.1 Å². The van der Waals surface area contributed by atoms with Crippen LogP contribution in [-0.4, -0.2) is 13.0 Å². The minimum Gasteiger partial charge on any atom is -0.399 e. The third-order valence-corrected chi connectivity index (χ3v) is 4.98. The summed E-state index contributed by atoms with van der Waals surface area (Å²) in [7, 11) is -4.36. The first-order valence-electron chi connectivity index (χ1n) is 7.63. The van der Waals surface area contributed by atoms with Crippen molar-refractivity contribution in [1.82, 2.24) is 0 Å². The van der Waals surface area contributed by atoms with Gasteiger partial charge in [0, 0.05) is 17.3 Å². The number of anilines is 2. The van der Waals surface area contributed by atoms with Gasteiger partial charge in [0.2, 0.25) is 0 Å². The molecule has 0 heterocycles. The second-order valence-electron chi connectivity index (χ2n) is 5.78. The molecule has 3 aromatic carbocycles. The molecular formula is C19H18N2O3S. The highest BCUT2D eigenvalue weighted by Gasteiger charge is 2.24. The summed E-state index contributed by atoms with van der Waals surface area (Å²) in [4.78, 5) is -0.117. The largest absolute Gasteiger partial charge is 0.399 e. The summed E-state index contributed by atoms with van der Waals surface area (Å²) in [5.41, 5.74) is 15.0. The van der Waals surface area contributed by atoms with Gasteiger partial charge in [-0.05, 0) is 47.0 Å². The van der Waals surface area contributed by atoms with Crippen molar-refractivity contribution in [2.45, 2.75) is 10.8 Å². The maximum absolute atomic E-state index is 11.8. The van der Waals surface area contributed by atoms with Gasteiger partial charge in [-0.1, -0.05) is 42.5 Å². The van der Waals surface area contributed by atoms with Crippen LogP contribution >= 0.6 is 0 Å². The minimum atomic E-state index is -4.36. The minimum absolute atomic E-state index is 0.117. The second-order valence-corrected chi connectivity index (χ2v) is 7.17. The molecule has 0 spiro atoms. The van der Waals surface area contributed by atoms with Crippen molar-refractivity contribution in [3.05, 3.63) is 89.5 Å². The molecule has 0 bridgehead atoms. The van der Waals surface area contributed by atoms with E-state index in [-0.39, 0.29) is 10.8 Å². The Kier molecular flexibility index (Phi) is 4.48. The lowest BCUT2D eigenvalue weighted by atomic mass is 9.85. The van der Waals surface area contributed by atoms with Crippen LogP contribution in [-0.2, 0) is 10.1 Å². The van der Waals surface area contributed by atoms with Gasteiger partial charge in [-0.3, -0.25) is 4.55 Å². The van der Waals surface area contributed by atoms with E-state index in [4.69, 9.17) is 11.5 Å². The molecule has 6 heteroatoms. The first-order valence-corrected chi connectivity index (χ1v) is 9.07. The smallest absolute Gasteiger partial charge is 0.294 e. The third-order valence-electron chi connectivity index (χ3n) is 4.05. The first kappa shape index (κ1) is 17.0. The SMILES string of the molecule is Nc1ccc(C(c2ccc(N)cc2)c2ccccc2S(=O)(=O)O)cc1. The zero-order chi connectivity index (χ0) is 18.0. The Morgan fingerprint density at radius 1 is 0.720 bits per heavy atom. The summed E-state index contributed by atoms with van der Waals surface area (Å²) in [6.07, 6.45) is 0. The van der Waals surface area contributed by atoms with E-state index in [0.29, 0.717) is 16.9 Å². The fraction of sp³-hybridized carbons (Fsp3) is 0.0526. The fourth-order valence-electron chi connectivity index (χ4n) is 2.88. The average molecular weight is 354 g/mol. The maximum atomic E-state index is 11.8. The van der Waals surface area contributed by atoms with E-state index in [2.05, 4.69) is 0 Å². The summed E-state index contributed by atoms with van der Waals surface area (Å²) in [6, 6.07) is 20.8. The molecule has 0 unspecified atom stereocenters. The van der Waals surface area contributed by atoms with Crippen LogP contribution in [0.25, 0.3) is 0 Å². The Labute approximate surface area is 146 Å². The van der Waals surface area contributed by atoms with Crippen molar-refractivity contribution in [3.8, 4) is 0 Å². The topological polar surface area (TPSA) is 106 Å². The highest BCUT2D eigenvalue weighted by Crippen LogP contribution is 2.36. The summed E-state index contributed by atoms with van der Waals surface area (Å²) in [5, 5.41) is 0. The number of nitrogens with two attached hydrogens (primary N) is 2. The van der Waals surface area contributed by atoms with E-state index in [1.54, 1.807) is 42.5 Å². The van der Waals surface area contributed by atoms with Crippen LogP contribution in [0.5, 0.6) is 0 Å². The normalized spacial score (nSPS) is 11.6. The molecular weight excluding hydrogens is 336 g/mol. The first-order chi connectivity index (χ1) is 11.9. The lowest BCUT2D eigenvalue weighted by Crippen LogP contribution is -2.10. The lowest BCUT2D eigenvalue weighted by molar-refractivity contribution is 0.482. The average Bonchev–Trinajstić information content (AvgIpc) is 2.58. The van der Waals surface area contributed by atoms with Gasteiger partial charge in [0.05, 0.1) is 4.90 Å². The fourth-order valence-corrected chi connectivity index (χ4v) is 3.62. The van der Waals surface area contributed by atoms with Gasteiger partial charge in [-0.25, -0.2) is 0 Å². The van der Waals surface area contributed by atoms with Crippen LogP contribution in [0.1, 0.15) is 22.6 Å². The van der Waals surface area contributed by atoms with Crippen molar-refractivity contribution in [2.24, 2.45) is 0 Å². The predicted molar refractivity (Wildman–Crippen MR) is 98.9 cm³/mol. The number of nitrogen functional groups attached to an aromatic ring is 2. The molecule has 5 N–H and O–H groups in total. The molecule has 3 rings (SSSR count). The molecule has 0 aliphatic rings. The van der Waals surface area contributed by atoms with Crippen molar-refractivity contribution < 1.29 is 13.0 Å². The molecule has 0 aliphatic heterocycles. The van der Waals surface area contributed by atoms with E-state index in [0.717, 1.165) is 11.1 Å². The lowest BCUT2D eigenvalue weighted by Gasteiger charge is -2.21. The number of benzene rings is 3. The second kappa shape index (κ2) is 6.58. The Balaban J connectivity index is 2.26. The molecule has 5 nitrogen and oxygen atoms in total. The van der Waals surface area contributed by atoms with Gasteiger partial charge in [0.15, 0.2) is 0 Å². The monoisotopic (exact) mass is 354 g/mol. The highest BCUT2D eigenvalue weighted by molar-refractivity contribution is 7.85. The number of hydrogen-bond acceptors (Lipinski definition) is 4. The van der Waals surface area contributed by atoms with Crippen molar-refractivity contribution in [2.75, 3.05) is 11.5 Å². The quantitative estimate of drug-likeness (QED) is 0.379. The summed E-state index contributed by atoms with van der Waals surface area (Å²) in [6.45, 7) is 0. The molecule has 128 valence electrons. The Morgan fingerprint density at radius 3 is 1.60 bits per heavy atom. The Morgan fingerprint density at radius 2 is 1.16 bits per heavy atom. The molecule has 0 aliphatic carbocycles. The predicted octanol–water partition coefficient (Wildman–Crippen LogP) is 3.28. The van der Waals surface area contributed by atoms with Gasteiger partial charge in [-0.2, -0.15) is 8.42 Å². The van der Waals surface area contributed by atoms with Gasteiger partial charge in [0.1, 0.15) is 0 Å². The Bertz CT molecular complexity index is 936. The molecule has 0 amide bonds. The zero-order valence-electron chi connectivity index (χ0n) is 13.3. The molecule has 0 radical (unpaired) electrons. The zero-order valence-corrected chi connectivity index (χ0v) is 14.1. The third kappa shape index (κ3) is 3.65.